The van der Waals surface area contributed by atoms with E-state index in [2.05, 4.69) is 62.5 Å². The van der Waals surface area contributed by atoms with E-state index in [0.29, 0.717) is 30.3 Å². The van der Waals surface area contributed by atoms with Crippen LogP contribution in [-0.4, -0.2) is 86.1 Å². The van der Waals surface area contributed by atoms with Crippen LogP contribution in [0.5, 0.6) is 0 Å². The lowest BCUT2D eigenvalue weighted by Gasteiger charge is -2.24. The largest absolute Gasteiger partial charge is 0.472 e. The van der Waals surface area contributed by atoms with Crippen molar-refractivity contribution in [3.05, 3.63) is 85.1 Å². The molecule has 61 heavy (non-hydrogen) atoms. The molecule has 0 aromatic rings. The van der Waals surface area contributed by atoms with E-state index in [1.165, 1.54) is 64.2 Å². The SMILES string of the molecule is CC/C=C\C/C=C\C/C=C\C/C=C\C=C/C(O)C/C=C\CCC(=O)OC[C@H](COP(=O)(O)OCC[N+](C)(C)C)OC(=O)CCCCCCCCC/C=C\CCCCCCCC. The molecule has 0 saturated heterocycles. The van der Waals surface area contributed by atoms with Gasteiger partial charge in [-0.2, -0.15) is 0 Å². The summed E-state index contributed by atoms with van der Waals surface area (Å²) < 4.78 is 34.2. The van der Waals surface area contributed by atoms with Crippen molar-refractivity contribution in [3.63, 3.8) is 0 Å². The lowest BCUT2D eigenvalue weighted by Crippen LogP contribution is -2.37. The van der Waals surface area contributed by atoms with E-state index >= 15 is 0 Å². The van der Waals surface area contributed by atoms with Crippen molar-refractivity contribution in [3.8, 4) is 0 Å². The number of carbonyl (C=O) groups excluding carboxylic acids is 2. The fourth-order valence-corrected chi connectivity index (χ4v) is 6.57. The Labute approximate surface area is 372 Å². The van der Waals surface area contributed by atoms with E-state index in [-0.39, 0.29) is 26.1 Å². The van der Waals surface area contributed by atoms with Gasteiger partial charge in [0.05, 0.1) is 33.9 Å². The van der Waals surface area contributed by atoms with Gasteiger partial charge >= 0.3 is 19.8 Å². The molecule has 350 valence electrons. The van der Waals surface area contributed by atoms with Crippen LogP contribution in [0.1, 0.15) is 162 Å². The summed E-state index contributed by atoms with van der Waals surface area (Å²) in [5.41, 5.74) is 0. The molecule has 0 aliphatic heterocycles. The first-order valence-electron chi connectivity index (χ1n) is 23.4. The molecule has 10 nitrogen and oxygen atoms in total. The van der Waals surface area contributed by atoms with Crippen molar-refractivity contribution in [1.82, 2.24) is 0 Å². The molecule has 0 heterocycles. The molecule has 0 radical (unpaired) electrons. The van der Waals surface area contributed by atoms with Crippen LogP contribution in [-0.2, 0) is 32.7 Å². The third-order valence-corrected chi connectivity index (χ3v) is 10.5. The van der Waals surface area contributed by atoms with Crippen LogP contribution < -0.4 is 0 Å². The topological polar surface area (TPSA) is 129 Å². The number of unbranched alkanes of at least 4 members (excludes halogenated alkanes) is 13. The second-order valence-corrected chi connectivity index (χ2v) is 18.1. The molecule has 0 saturated carbocycles. The molecular formula is C50H87NO9P+. The number of esters is 2. The van der Waals surface area contributed by atoms with Crippen LogP contribution in [0.15, 0.2) is 85.1 Å². The van der Waals surface area contributed by atoms with Crippen LogP contribution >= 0.6 is 7.82 Å². The minimum atomic E-state index is -4.42. The van der Waals surface area contributed by atoms with Crippen molar-refractivity contribution < 1.29 is 47.2 Å². The molecule has 3 atom stereocenters. The lowest BCUT2D eigenvalue weighted by atomic mass is 10.1. The van der Waals surface area contributed by atoms with E-state index in [4.69, 9.17) is 18.5 Å². The van der Waals surface area contributed by atoms with Gasteiger partial charge in [-0.15, -0.1) is 0 Å². The summed E-state index contributed by atoms with van der Waals surface area (Å²) in [5.74, 6) is -0.991. The van der Waals surface area contributed by atoms with Crippen molar-refractivity contribution >= 4 is 19.8 Å². The van der Waals surface area contributed by atoms with Gasteiger partial charge in [0.2, 0.25) is 0 Å². The summed E-state index contributed by atoms with van der Waals surface area (Å²) in [6.07, 6.45) is 49.5. The zero-order chi connectivity index (χ0) is 45.1. The van der Waals surface area contributed by atoms with Gasteiger partial charge in [-0.3, -0.25) is 18.6 Å². The molecule has 0 rings (SSSR count). The van der Waals surface area contributed by atoms with E-state index in [0.717, 1.165) is 51.4 Å². The molecule has 11 heteroatoms. The first kappa shape index (κ1) is 58.1. The van der Waals surface area contributed by atoms with Crippen LogP contribution in [0.3, 0.4) is 0 Å². The number of phosphoric ester groups is 1. The van der Waals surface area contributed by atoms with Crippen molar-refractivity contribution in [2.24, 2.45) is 0 Å². The minimum absolute atomic E-state index is 0.000797. The minimum Gasteiger partial charge on any atom is -0.462 e. The Balaban J connectivity index is 4.55. The van der Waals surface area contributed by atoms with Gasteiger partial charge in [0.15, 0.2) is 6.10 Å². The van der Waals surface area contributed by atoms with Crippen molar-refractivity contribution in [2.75, 3.05) is 47.5 Å². The number of ether oxygens (including phenoxy) is 2. The number of quaternary nitrogens is 1. The summed E-state index contributed by atoms with van der Waals surface area (Å²) >= 11 is 0. The number of aliphatic hydroxyl groups excluding tert-OH is 1. The van der Waals surface area contributed by atoms with Crippen LogP contribution in [0, 0.1) is 0 Å². The fraction of sp³-hybridized carbons (Fsp3) is 0.680. The zero-order valence-corrected chi connectivity index (χ0v) is 39.9. The molecule has 0 fully saturated rings. The maximum Gasteiger partial charge on any atom is 0.472 e. The van der Waals surface area contributed by atoms with Crippen molar-refractivity contribution in [2.45, 2.75) is 174 Å². The van der Waals surface area contributed by atoms with Gasteiger partial charge in [-0.25, -0.2) is 4.57 Å². The quantitative estimate of drug-likeness (QED) is 0.0154. The van der Waals surface area contributed by atoms with E-state index in [9.17, 15) is 24.2 Å². The number of rotatable bonds is 41. The third kappa shape index (κ3) is 45.0. The highest BCUT2D eigenvalue weighted by molar-refractivity contribution is 7.47. The number of hydrogen-bond donors (Lipinski definition) is 2. The zero-order valence-electron chi connectivity index (χ0n) is 39.0. The molecule has 0 spiro atoms. The number of hydrogen-bond acceptors (Lipinski definition) is 8. The second-order valence-electron chi connectivity index (χ2n) is 16.6. The Morgan fingerprint density at radius 1 is 0.607 bits per heavy atom. The summed E-state index contributed by atoms with van der Waals surface area (Å²) in [7, 11) is 1.37. The smallest absolute Gasteiger partial charge is 0.462 e. The first-order chi connectivity index (χ1) is 29.4. The third-order valence-electron chi connectivity index (χ3n) is 9.50. The molecule has 0 aliphatic rings. The molecule has 2 unspecified atom stereocenters. The Morgan fingerprint density at radius 2 is 1.16 bits per heavy atom. The predicted molar refractivity (Wildman–Crippen MR) is 253 cm³/mol. The molecule has 0 aromatic heterocycles. The Kier molecular flexibility index (Phi) is 39.3. The summed E-state index contributed by atoms with van der Waals surface area (Å²) in [6.45, 7) is 4.08. The predicted octanol–water partition coefficient (Wildman–Crippen LogP) is 12.5. The van der Waals surface area contributed by atoms with Gasteiger partial charge in [0, 0.05) is 12.8 Å². The van der Waals surface area contributed by atoms with Gasteiger partial charge in [0.25, 0.3) is 0 Å². The van der Waals surface area contributed by atoms with Crippen LogP contribution in [0.4, 0.5) is 0 Å². The summed E-state index contributed by atoms with van der Waals surface area (Å²) in [5, 5.41) is 10.2. The van der Waals surface area contributed by atoms with E-state index < -0.39 is 38.6 Å². The molecule has 0 aliphatic carbocycles. The number of phosphoric acid groups is 1. The van der Waals surface area contributed by atoms with Gasteiger partial charge in [-0.05, 0) is 70.6 Å². The highest BCUT2D eigenvalue weighted by Crippen LogP contribution is 2.43. The molecule has 0 bridgehead atoms. The maximum atomic E-state index is 12.7. The summed E-state index contributed by atoms with van der Waals surface area (Å²) in [4.78, 5) is 35.4. The molecular weight excluding hydrogens is 790 g/mol. The van der Waals surface area contributed by atoms with E-state index in [1.807, 2.05) is 45.4 Å². The standard InChI is InChI=1S/C50H86NO9P/c1-6-8-10-12-14-16-18-20-21-22-23-25-27-29-31-33-37-42-50(54)60-48(46-59-61(55,56)58-44-43-51(3,4)5)45-57-49(53)41-38-34-36-40-47(52)39-35-32-30-28-26-24-19-17-15-13-11-9-7-2/h9,11,15,17,20-21,24,26,30,32,34-36,39,47-48,52H,6-8,10,12-14,16,18-19,22-23,25,27-29,31,33,37-38,40-46H2,1-5H3/p+1/b11-9-,17-15-,21-20-,26-24-,32-30-,36-34-,39-35-/t47?,48-/m1/s1. The highest BCUT2D eigenvalue weighted by atomic mass is 31.2. The number of allylic oxidation sites excluding steroid dienone is 12. The number of likely N-dealkylation sites (N-methyl/N-ethyl adjacent to an activating group) is 1. The molecule has 2 N–H and O–H groups in total. The number of carbonyl (C=O) groups is 2. The average Bonchev–Trinajstić information content (AvgIpc) is 3.21. The Bertz CT molecular complexity index is 1330. The Hall–Kier alpha value is -2.85. The average molecular weight is 877 g/mol. The maximum absolute atomic E-state index is 12.7. The normalized spacial score (nSPS) is 14.8. The number of aliphatic hydroxyl groups is 1. The Morgan fingerprint density at radius 3 is 1.77 bits per heavy atom. The van der Waals surface area contributed by atoms with Gasteiger partial charge < -0.3 is 24.0 Å². The van der Waals surface area contributed by atoms with Gasteiger partial charge in [-0.1, -0.05) is 163 Å². The summed E-state index contributed by atoms with van der Waals surface area (Å²) in [6, 6.07) is 0. The second kappa shape index (κ2) is 41.2. The first-order valence-corrected chi connectivity index (χ1v) is 24.9. The lowest BCUT2D eigenvalue weighted by molar-refractivity contribution is -0.870. The molecule has 0 aromatic carbocycles. The van der Waals surface area contributed by atoms with Crippen LogP contribution in [0.2, 0.25) is 0 Å². The number of nitrogens with zero attached hydrogens (tertiary/aromatic N) is 1. The van der Waals surface area contributed by atoms with Crippen molar-refractivity contribution in [1.29, 1.82) is 0 Å². The van der Waals surface area contributed by atoms with Crippen LogP contribution in [0.25, 0.3) is 0 Å². The van der Waals surface area contributed by atoms with Gasteiger partial charge in [0.1, 0.15) is 19.8 Å². The monoisotopic (exact) mass is 877 g/mol. The van der Waals surface area contributed by atoms with E-state index in [1.54, 1.807) is 12.2 Å². The molecule has 0 amide bonds. The fourth-order valence-electron chi connectivity index (χ4n) is 5.82. The highest BCUT2D eigenvalue weighted by Gasteiger charge is 2.27.